The van der Waals surface area contributed by atoms with Crippen LogP contribution in [0, 0.1) is 0 Å². The molecular formula is C8H7BrO3S. The van der Waals surface area contributed by atoms with Crippen molar-refractivity contribution in [2.75, 3.05) is 5.75 Å². The molecule has 0 radical (unpaired) electrons. The molecule has 0 saturated carbocycles. The van der Waals surface area contributed by atoms with E-state index in [-0.39, 0.29) is 4.90 Å². The van der Waals surface area contributed by atoms with Crippen LogP contribution in [0.3, 0.4) is 0 Å². The van der Waals surface area contributed by atoms with Crippen LogP contribution in [0.25, 0.3) is 0 Å². The highest BCUT2D eigenvalue weighted by atomic mass is 79.9. The van der Waals surface area contributed by atoms with Crippen molar-refractivity contribution < 1.29 is 13.2 Å². The molecule has 1 aromatic carbocycles. The van der Waals surface area contributed by atoms with E-state index in [1.807, 2.05) is 0 Å². The van der Waals surface area contributed by atoms with Crippen LogP contribution in [-0.2, 0) is 14.6 Å². The molecule has 1 aromatic rings. The van der Waals surface area contributed by atoms with Gasteiger partial charge in [0.25, 0.3) is 0 Å². The van der Waals surface area contributed by atoms with Crippen molar-refractivity contribution in [1.29, 1.82) is 0 Å². The van der Waals surface area contributed by atoms with Crippen molar-refractivity contribution in [2.24, 2.45) is 0 Å². The van der Waals surface area contributed by atoms with Crippen molar-refractivity contribution in [3.05, 3.63) is 28.7 Å². The smallest absolute Gasteiger partial charge is 0.185 e. The first-order chi connectivity index (χ1) is 6.06. The lowest BCUT2D eigenvalue weighted by Gasteiger charge is -1.99. The Morgan fingerprint density at radius 2 is 1.77 bits per heavy atom. The number of aldehydes is 1. The first kappa shape index (κ1) is 10.4. The summed E-state index contributed by atoms with van der Waals surface area (Å²) in [6.45, 7) is 0. The quantitative estimate of drug-likeness (QED) is 0.775. The van der Waals surface area contributed by atoms with E-state index in [4.69, 9.17) is 0 Å². The zero-order valence-corrected chi connectivity index (χ0v) is 9.01. The van der Waals surface area contributed by atoms with Gasteiger partial charge in [-0.3, -0.25) is 0 Å². The lowest BCUT2D eigenvalue weighted by atomic mass is 10.4. The fourth-order valence-electron chi connectivity index (χ4n) is 0.828. The zero-order valence-electron chi connectivity index (χ0n) is 6.60. The Balaban J connectivity index is 3.08. The molecule has 0 aromatic heterocycles. The third kappa shape index (κ3) is 2.63. The van der Waals surface area contributed by atoms with Crippen LogP contribution in [0.1, 0.15) is 0 Å². The van der Waals surface area contributed by atoms with Gasteiger partial charge in [0.05, 0.1) is 4.90 Å². The topological polar surface area (TPSA) is 51.2 Å². The first-order valence-electron chi connectivity index (χ1n) is 3.48. The molecule has 0 N–H and O–H groups in total. The molecule has 0 saturated heterocycles. The summed E-state index contributed by atoms with van der Waals surface area (Å²) in [5.74, 6) is -0.464. The number of carbonyl (C=O) groups excluding carboxylic acids is 1. The van der Waals surface area contributed by atoms with Crippen LogP contribution in [0.15, 0.2) is 33.6 Å². The Morgan fingerprint density at radius 3 is 2.23 bits per heavy atom. The van der Waals surface area contributed by atoms with Gasteiger partial charge >= 0.3 is 0 Å². The van der Waals surface area contributed by atoms with E-state index in [0.29, 0.717) is 6.29 Å². The van der Waals surface area contributed by atoms with Gasteiger partial charge in [0, 0.05) is 4.47 Å². The van der Waals surface area contributed by atoms with E-state index in [1.54, 1.807) is 12.1 Å². The highest BCUT2D eigenvalue weighted by Gasteiger charge is 2.12. The van der Waals surface area contributed by atoms with Crippen LogP contribution in [-0.4, -0.2) is 20.5 Å². The summed E-state index contributed by atoms with van der Waals surface area (Å²) < 4.78 is 23.4. The summed E-state index contributed by atoms with van der Waals surface area (Å²) in [5.41, 5.74) is 0. The van der Waals surface area contributed by atoms with Gasteiger partial charge in [-0.05, 0) is 24.3 Å². The Kier molecular flexibility index (Phi) is 3.22. The minimum Gasteiger partial charge on any atom is -0.302 e. The van der Waals surface area contributed by atoms with E-state index in [0.717, 1.165) is 4.47 Å². The molecule has 0 fully saturated rings. The first-order valence-corrected chi connectivity index (χ1v) is 5.93. The van der Waals surface area contributed by atoms with Gasteiger partial charge < -0.3 is 4.79 Å². The lowest BCUT2D eigenvalue weighted by Crippen LogP contribution is -2.07. The second-order valence-corrected chi connectivity index (χ2v) is 5.35. The third-order valence-corrected chi connectivity index (χ3v) is 3.55. The summed E-state index contributed by atoms with van der Waals surface area (Å²) in [7, 11) is -3.42. The Hall–Kier alpha value is -0.680. The van der Waals surface area contributed by atoms with E-state index in [9.17, 15) is 13.2 Å². The average Bonchev–Trinajstić information content (AvgIpc) is 2.05. The maximum atomic E-state index is 11.3. The molecular weight excluding hydrogens is 256 g/mol. The normalized spacial score (nSPS) is 11.2. The molecule has 0 aliphatic rings. The minimum atomic E-state index is -3.42. The highest BCUT2D eigenvalue weighted by molar-refractivity contribution is 9.10. The van der Waals surface area contributed by atoms with E-state index >= 15 is 0 Å². The molecule has 13 heavy (non-hydrogen) atoms. The molecule has 70 valence electrons. The van der Waals surface area contributed by atoms with E-state index in [2.05, 4.69) is 15.9 Å². The molecule has 1 rings (SSSR count). The molecule has 0 unspecified atom stereocenters. The number of carbonyl (C=O) groups is 1. The number of sulfone groups is 1. The maximum Gasteiger partial charge on any atom is 0.185 e. The number of rotatable bonds is 3. The van der Waals surface area contributed by atoms with Gasteiger partial charge in [-0.25, -0.2) is 8.42 Å². The summed E-state index contributed by atoms with van der Waals surface area (Å²) >= 11 is 3.19. The predicted molar refractivity (Wildman–Crippen MR) is 52.3 cm³/mol. The predicted octanol–water partition coefficient (Wildman–Crippen LogP) is 1.42. The van der Waals surface area contributed by atoms with Gasteiger partial charge in [-0.2, -0.15) is 0 Å². The van der Waals surface area contributed by atoms with Crippen LogP contribution in [0.5, 0.6) is 0 Å². The van der Waals surface area contributed by atoms with Crippen molar-refractivity contribution in [2.45, 2.75) is 4.90 Å². The zero-order chi connectivity index (χ0) is 9.90. The highest BCUT2D eigenvalue weighted by Crippen LogP contribution is 2.15. The van der Waals surface area contributed by atoms with Crippen LogP contribution < -0.4 is 0 Å². The Labute approximate surface area is 84.8 Å². The van der Waals surface area contributed by atoms with E-state index < -0.39 is 15.6 Å². The number of benzene rings is 1. The molecule has 0 heterocycles. The molecule has 3 nitrogen and oxygen atoms in total. The van der Waals surface area contributed by atoms with Crippen molar-refractivity contribution in [3.63, 3.8) is 0 Å². The summed E-state index contributed by atoms with van der Waals surface area (Å²) in [6, 6.07) is 6.17. The standard InChI is InChI=1S/C8H7BrO3S/c9-7-1-3-8(4-2-7)13(11,12)6-5-10/h1-5H,6H2. The monoisotopic (exact) mass is 262 g/mol. The summed E-state index contributed by atoms with van der Waals surface area (Å²) in [5, 5.41) is 0. The van der Waals surface area contributed by atoms with Crippen LogP contribution in [0.4, 0.5) is 0 Å². The lowest BCUT2D eigenvalue weighted by molar-refractivity contribution is -0.105. The molecule has 0 atom stereocenters. The van der Waals surface area contributed by atoms with Gasteiger partial charge in [0.1, 0.15) is 12.0 Å². The second kappa shape index (κ2) is 4.02. The van der Waals surface area contributed by atoms with Gasteiger partial charge in [0.15, 0.2) is 9.84 Å². The van der Waals surface area contributed by atoms with Crippen LogP contribution in [0.2, 0.25) is 0 Å². The number of hydrogen-bond acceptors (Lipinski definition) is 3. The average molecular weight is 263 g/mol. The Morgan fingerprint density at radius 1 is 1.23 bits per heavy atom. The van der Waals surface area contributed by atoms with Crippen molar-refractivity contribution in [1.82, 2.24) is 0 Å². The summed E-state index contributed by atoms with van der Waals surface area (Å²) in [4.78, 5) is 10.2. The number of hydrogen-bond donors (Lipinski definition) is 0. The minimum absolute atomic E-state index is 0.169. The van der Waals surface area contributed by atoms with Crippen LogP contribution >= 0.6 is 15.9 Å². The molecule has 5 heteroatoms. The summed E-state index contributed by atoms with van der Waals surface area (Å²) in [6.07, 6.45) is 0.386. The van der Waals surface area contributed by atoms with Crippen molar-refractivity contribution in [3.8, 4) is 0 Å². The second-order valence-electron chi connectivity index (χ2n) is 2.40. The van der Waals surface area contributed by atoms with Gasteiger partial charge in [0.2, 0.25) is 0 Å². The van der Waals surface area contributed by atoms with E-state index in [1.165, 1.54) is 12.1 Å². The SMILES string of the molecule is O=CCS(=O)(=O)c1ccc(Br)cc1. The van der Waals surface area contributed by atoms with Gasteiger partial charge in [-0.15, -0.1) is 0 Å². The molecule has 0 bridgehead atoms. The third-order valence-electron chi connectivity index (χ3n) is 1.46. The molecule has 0 aliphatic heterocycles. The Bertz CT molecular complexity index is 394. The largest absolute Gasteiger partial charge is 0.302 e. The molecule has 0 spiro atoms. The molecule has 0 amide bonds. The number of halogens is 1. The fourth-order valence-corrected chi connectivity index (χ4v) is 2.01. The maximum absolute atomic E-state index is 11.3. The van der Waals surface area contributed by atoms with Gasteiger partial charge in [-0.1, -0.05) is 15.9 Å². The molecule has 0 aliphatic carbocycles. The fraction of sp³-hybridized carbons (Fsp3) is 0.125. The van der Waals surface area contributed by atoms with Crippen molar-refractivity contribution >= 4 is 32.1 Å².